The number of nitrogens with two attached hydrogens (primary N) is 1. The number of nitrogen functional groups attached to an aromatic ring is 1. The van der Waals surface area contributed by atoms with Gasteiger partial charge in [0.15, 0.2) is 0 Å². The van der Waals surface area contributed by atoms with Crippen LogP contribution in [0.5, 0.6) is 0 Å². The van der Waals surface area contributed by atoms with Crippen LogP contribution in [0.2, 0.25) is 0 Å². The molecule has 3 rings (SSSR count). The molecular formula is C16H15N5. The zero-order chi connectivity index (χ0) is 14.8. The van der Waals surface area contributed by atoms with E-state index in [0.717, 1.165) is 28.2 Å². The average Bonchev–Trinajstić information content (AvgIpc) is 2.47. The third kappa shape index (κ3) is 2.72. The molecule has 0 atom stereocenters. The number of hydrogen-bond acceptors (Lipinski definition) is 5. The molecule has 0 aliphatic rings. The lowest BCUT2D eigenvalue weighted by Gasteiger charge is -2.09. The van der Waals surface area contributed by atoms with Crippen molar-refractivity contribution in [2.45, 2.75) is 13.8 Å². The standard InChI is InChI=1S/C16H15N5/c1-10-8-13(9-11(2)18-10)15-14(19-16(17)21-20-15)12-6-4-3-5-7-12/h3-9H,1-2H3,(H2,17,19,21). The van der Waals surface area contributed by atoms with Gasteiger partial charge in [0, 0.05) is 22.5 Å². The summed E-state index contributed by atoms with van der Waals surface area (Å²) in [4.78, 5) is 8.75. The second-order valence-electron chi connectivity index (χ2n) is 4.87. The van der Waals surface area contributed by atoms with E-state index < -0.39 is 0 Å². The van der Waals surface area contributed by atoms with Crippen LogP contribution in [0.1, 0.15) is 11.4 Å². The molecule has 0 aliphatic heterocycles. The second-order valence-corrected chi connectivity index (χ2v) is 4.87. The lowest BCUT2D eigenvalue weighted by Crippen LogP contribution is -2.03. The van der Waals surface area contributed by atoms with Crippen LogP contribution in [0.25, 0.3) is 22.5 Å². The maximum atomic E-state index is 5.71. The van der Waals surface area contributed by atoms with Crippen molar-refractivity contribution in [3.05, 3.63) is 53.9 Å². The molecule has 0 saturated heterocycles. The summed E-state index contributed by atoms with van der Waals surface area (Å²) < 4.78 is 0. The molecule has 0 saturated carbocycles. The minimum absolute atomic E-state index is 0.167. The van der Waals surface area contributed by atoms with Gasteiger partial charge in [0.1, 0.15) is 11.4 Å². The average molecular weight is 277 g/mol. The maximum absolute atomic E-state index is 5.71. The molecule has 0 fully saturated rings. The maximum Gasteiger partial charge on any atom is 0.240 e. The molecule has 5 nitrogen and oxygen atoms in total. The van der Waals surface area contributed by atoms with Crippen molar-refractivity contribution in [2.24, 2.45) is 0 Å². The van der Waals surface area contributed by atoms with Crippen LogP contribution in [-0.2, 0) is 0 Å². The third-order valence-electron chi connectivity index (χ3n) is 3.11. The Kier molecular flexibility index (Phi) is 3.31. The van der Waals surface area contributed by atoms with E-state index in [1.165, 1.54) is 0 Å². The van der Waals surface area contributed by atoms with Crippen LogP contribution in [0.3, 0.4) is 0 Å². The number of benzene rings is 1. The smallest absolute Gasteiger partial charge is 0.240 e. The first-order valence-corrected chi connectivity index (χ1v) is 6.65. The summed E-state index contributed by atoms with van der Waals surface area (Å²) in [7, 11) is 0. The quantitative estimate of drug-likeness (QED) is 0.779. The molecule has 5 heteroatoms. The molecule has 21 heavy (non-hydrogen) atoms. The second kappa shape index (κ2) is 5.28. The molecule has 0 radical (unpaired) electrons. The molecule has 0 amide bonds. The van der Waals surface area contributed by atoms with Crippen LogP contribution in [-0.4, -0.2) is 20.2 Å². The lowest BCUT2D eigenvalue weighted by atomic mass is 10.0. The highest BCUT2D eigenvalue weighted by Crippen LogP contribution is 2.29. The minimum atomic E-state index is 0.167. The van der Waals surface area contributed by atoms with Gasteiger partial charge in [-0.2, -0.15) is 0 Å². The van der Waals surface area contributed by atoms with Gasteiger partial charge in [-0.15, -0.1) is 10.2 Å². The number of pyridine rings is 1. The SMILES string of the molecule is Cc1cc(-c2nnc(N)nc2-c2ccccc2)cc(C)n1. The molecule has 0 unspecified atom stereocenters. The summed E-state index contributed by atoms with van der Waals surface area (Å²) in [5.74, 6) is 0.167. The molecule has 2 aromatic heterocycles. The fourth-order valence-corrected chi connectivity index (χ4v) is 2.30. The van der Waals surface area contributed by atoms with Crippen molar-refractivity contribution in [2.75, 3.05) is 5.73 Å². The van der Waals surface area contributed by atoms with Gasteiger partial charge in [0.25, 0.3) is 0 Å². The van der Waals surface area contributed by atoms with Gasteiger partial charge in [-0.05, 0) is 26.0 Å². The Morgan fingerprint density at radius 1 is 0.762 bits per heavy atom. The molecule has 3 aromatic rings. The Bertz CT molecular complexity index is 764. The highest BCUT2D eigenvalue weighted by molar-refractivity contribution is 5.78. The first kappa shape index (κ1) is 13.2. The summed E-state index contributed by atoms with van der Waals surface area (Å²) in [6, 6.07) is 13.8. The van der Waals surface area contributed by atoms with E-state index in [1.54, 1.807) is 0 Å². The van der Waals surface area contributed by atoms with Gasteiger partial charge in [-0.1, -0.05) is 30.3 Å². The van der Waals surface area contributed by atoms with Crippen LogP contribution in [0.15, 0.2) is 42.5 Å². The molecule has 2 N–H and O–H groups in total. The van der Waals surface area contributed by atoms with Gasteiger partial charge in [-0.3, -0.25) is 4.98 Å². The summed E-state index contributed by atoms with van der Waals surface area (Å²) in [5, 5.41) is 8.14. The molecular weight excluding hydrogens is 262 g/mol. The van der Waals surface area contributed by atoms with Crippen molar-refractivity contribution in [1.82, 2.24) is 20.2 Å². The Morgan fingerprint density at radius 3 is 2.10 bits per heavy atom. The summed E-state index contributed by atoms with van der Waals surface area (Å²) in [6.07, 6.45) is 0. The summed E-state index contributed by atoms with van der Waals surface area (Å²) in [5.41, 5.74) is 10.9. The van der Waals surface area contributed by atoms with E-state index in [-0.39, 0.29) is 5.95 Å². The van der Waals surface area contributed by atoms with Gasteiger partial charge in [0.2, 0.25) is 5.95 Å². The van der Waals surface area contributed by atoms with Crippen molar-refractivity contribution >= 4 is 5.95 Å². The van der Waals surface area contributed by atoms with Crippen molar-refractivity contribution in [3.63, 3.8) is 0 Å². The van der Waals surface area contributed by atoms with Crippen molar-refractivity contribution < 1.29 is 0 Å². The fourth-order valence-electron chi connectivity index (χ4n) is 2.30. The highest BCUT2D eigenvalue weighted by Gasteiger charge is 2.13. The highest BCUT2D eigenvalue weighted by atomic mass is 15.2. The number of aromatic nitrogens is 4. The zero-order valence-corrected chi connectivity index (χ0v) is 11.9. The predicted molar refractivity (Wildman–Crippen MR) is 82.4 cm³/mol. The first-order chi connectivity index (χ1) is 10.1. The molecule has 104 valence electrons. The Balaban J connectivity index is 2.23. The largest absolute Gasteiger partial charge is 0.366 e. The molecule has 0 aliphatic carbocycles. The number of aryl methyl sites for hydroxylation is 2. The molecule has 1 aromatic carbocycles. The normalized spacial score (nSPS) is 10.6. The first-order valence-electron chi connectivity index (χ1n) is 6.65. The van der Waals surface area contributed by atoms with Gasteiger partial charge in [-0.25, -0.2) is 4.98 Å². The van der Waals surface area contributed by atoms with Gasteiger partial charge in [0.05, 0.1) is 0 Å². The van der Waals surface area contributed by atoms with Gasteiger partial charge < -0.3 is 5.73 Å². The van der Waals surface area contributed by atoms with Crippen molar-refractivity contribution in [3.8, 4) is 22.5 Å². The summed E-state index contributed by atoms with van der Waals surface area (Å²) >= 11 is 0. The van der Waals surface area contributed by atoms with E-state index in [4.69, 9.17) is 5.73 Å². The predicted octanol–water partition coefficient (Wildman–Crippen LogP) is 2.80. The monoisotopic (exact) mass is 277 g/mol. The van der Waals surface area contributed by atoms with E-state index >= 15 is 0 Å². The number of rotatable bonds is 2. The Hall–Kier alpha value is -2.82. The number of anilines is 1. The Morgan fingerprint density at radius 2 is 1.43 bits per heavy atom. The number of hydrogen-bond donors (Lipinski definition) is 1. The van der Waals surface area contributed by atoms with E-state index in [0.29, 0.717) is 5.69 Å². The van der Waals surface area contributed by atoms with Crippen LogP contribution < -0.4 is 5.73 Å². The zero-order valence-electron chi connectivity index (χ0n) is 11.9. The van der Waals surface area contributed by atoms with E-state index in [2.05, 4.69) is 20.2 Å². The summed E-state index contributed by atoms with van der Waals surface area (Å²) in [6.45, 7) is 3.91. The van der Waals surface area contributed by atoms with Crippen molar-refractivity contribution in [1.29, 1.82) is 0 Å². The Labute approximate surface area is 122 Å². The van der Waals surface area contributed by atoms with Gasteiger partial charge >= 0.3 is 0 Å². The molecule has 2 heterocycles. The minimum Gasteiger partial charge on any atom is -0.366 e. The van der Waals surface area contributed by atoms with E-state index in [1.807, 2.05) is 56.3 Å². The van der Waals surface area contributed by atoms with Crippen LogP contribution in [0.4, 0.5) is 5.95 Å². The third-order valence-corrected chi connectivity index (χ3v) is 3.11. The van der Waals surface area contributed by atoms with Crippen LogP contribution in [0, 0.1) is 13.8 Å². The van der Waals surface area contributed by atoms with Crippen LogP contribution >= 0.6 is 0 Å². The van der Waals surface area contributed by atoms with E-state index in [9.17, 15) is 0 Å². The molecule has 0 spiro atoms. The lowest BCUT2D eigenvalue weighted by molar-refractivity contribution is 0.994. The molecule has 0 bridgehead atoms. The number of nitrogens with zero attached hydrogens (tertiary/aromatic N) is 4. The topological polar surface area (TPSA) is 77.6 Å². The fraction of sp³-hybridized carbons (Fsp3) is 0.125.